The normalized spacial score (nSPS) is 11.7. The molecule has 0 fully saturated rings. The highest BCUT2D eigenvalue weighted by Gasteiger charge is 2.11. The number of rotatable bonds is 12. The molecular weight excluding hydrogens is 432 g/mol. The Bertz CT molecular complexity index is 1010. The van der Waals surface area contributed by atoms with Gasteiger partial charge in [-0.3, -0.25) is 9.59 Å². The Morgan fingerprint density at radius 1 is 0.788 bits per heavy atom. The maximum atomic E-state index is 12.5. The summed E-state index contributed by atoms with van der Waals surface area (Å²) < 4.78 is 10.8. The van der Waals surface area contributed by atoms with Crippen LogP contribution in [0.5, 0.6) is 0 Å². The summed E-state index contributed by atoms with van der Waals surface area (Å²) in [5, 5.41) is 0. The molecule has 0 amide bonds. The molecule has 1 atom stereocenters. The van der Waals surface area contributed by atoms with Crippen molar-refractivity contribution in [3.63, 3.8) is 0 Å². The van der Waals surface area contributed by atoms with Crippen molar-refractivity contribution in [1.82, 2.24) is 0 Å². The molecule has 4 nitrogen and oxygen atoms in total. The highest BCUT2D eigenvalue weighted by molar-refractivity contribution is 7.99. The topological polar surface area (TPSA) is 52.6 Å². The molecule has 0 heterocycles. The molecule has 3 aromatic rings. The highest BCUT2D eigenvalue weighted by Crippen LogP contribution is 2.28. The van der Waals surface area contributed by atoms with Crippen molar-refractivity contribution >= 4 is 23.5 Å². The van der Waals surface area contributed by atoms with Crippen LogP contribution in [0.15, 0.2) is 88.7 Å². The van der Waals surface area contributed by atoms with Crippen molar-refractivity contribution in [2.45, 2.75) is 36.5 Å². The zero-order valence-corrected chi connectivity index (χ0v) is 20.0. The van der Waals surface area contributed by atoms with Crippen LogP contribution in [0.3, 0.4) is 0 Å². The summed E-state index contributed by atoms with van der Waals surface area (Å²) in [5.74, 6) is -0.185. The minimum Gasteiger partial charge on any atom is -0.463 e. The van der Waals surface area contributed by atoms with Crippen LogP contribution in [0, 0.1) is 5.92 Å². The average Bonchev–Trinajstić information content (AvgIpc) is 2.87. The zero-order valence-electron chi connectivity index (χ0n) is 19.2. The number of ether oxygens (including phenoxy) is 2. The largest absolute Gasteiger partial charge is 0.463 e. The highest BCUT2D eigenvalue weighted by atomic mass is 32.2. The van der Waals surface area contributed by atoms with E-state index >= 15 is 0 Å². The van der Waals surface area contributed by atoms with E-state index in [-0.39, 0.29) is 17.7 Å². The third-order valence-electron chi connectivity index (χ3n) is 5.33. The van der Waals surface area contributed by atoms with Gasteiger partial charge in [0.05, 0.1) is 19.1 Å². The second kappa shape index (κ2) is 13.0. The van der Waals surface area contributed by atoms with E-state index < -0.39 is 0 Å². The molecule has 0 radical (unpaired) electrons. The number of esters is 1. The molecule has 0 aliphatic rings. The number of carbonyl (C=O) groups excluding carboxylic acids is 2. The van der Waals surface area contributed by atoms with Gasteiger partial charge in [0, 0.05) is 20.9 Å². The fourth-order valence-electron chi connectivity index (χ4n) is 3.09. The summed E-state index contributed by atoms with van der Waals surface area (Å²) in [6.07, 6.45) is 1.59. The van der Waals surface area contributed by atoms with Gasteiger partial charge in [0.2, 0.25) is 0 Å². The third-order valence-corrected chi connectivity index (χ3v) is 6.35. The van der Waals surface area contributed by atoms with Crippen LogP contribution in [0.2, 0.25) is 0 Å². The maximum Gasteiger partial charge on any atom is 0.308 e. The summed E-state index contributed by atoms with van der Waals surface area (Å²) in [5.41, 5.74) is 2.58. The fourth-order valence-corrected chi connectivity index (χ4v) is 3.91. The quantitative estimate of drug-likeness (QED) is 0.182. The van der Waals surface area contributed by atoms with Gasteiger partial charge in [-0.25, -0.2) is 0 Å². The van der Waals surface area contributed by atoms with Crippen LogP contribution < -0.4 is 0 Å². The zero-order chi connectivity index (χ0) is 23.5. The van der Waals surface area contributed by atoms with Crippen molar-refractivity contribution in [3.05, 3.63) is 95.6 Å². The minimum atomic E-state index is -0.161. The van der Waals surface area contributed by atoms with E-state index in [1.54, 1.807) is 11.8 Å². The van der Waals surface area contributed by atoms with E-state index in [1.807, 2.05) is 68.4 Å². The SMILES string of the molecule is CCC(C)C(=O)OCCOCCc1ccc(Sc2ccc(C(=O)c3ccccc3)cc2)cc1. The summed E-state index contributed by atoms with van der Waals surface area (Å²) >= 11 is 1.66. The molecule has 0 aliphatic heterocycles. The van der Waals surface area contributed by atoms with Gasteiger partial charge in [0.15, 0.2) is 5.78 Å². The molecule has 0 saturated heterocycles. The lowest BCUT2D eigenvalue weighted by Gasteiger charge is -2.09. The van der Waals surface area contributed by atoms with E-state index in [9.17, 15) is 9.59 Å². The van der Waals surface area contributed by atoms with Crippen LogP contribution in [-0.4, -0.2) is 31.6 Å². The number of hydrogen-bond acceptors (Lipinski definition) is 5. The maximum absolute atomic E-state index is 12.5. The summed E-state index contributed by atoms with van der Waals surface area (Å²) in [6, 6.07) is 25.4. The molecule has 3 rings (SSSR count). The van der Waals surface area contributed by atoms with Gasteiger partial charge in [0.1, 0.15) is 6.61 Å². The lowest BCUT2D eigenvalue weighted by molar-refractivity contribution is -0.149. The molecule has 5 heteroatoms. The second-order valence-electron chi connectivity index (χ2n) is 7.80. The lowest BCUT2D eigenvalue weighted by Crippen LogP contribution is -2.17. The molecule has 33 heavy (non-hydrogen) atoms. The van der Waals surface area contributed by atoms with Crippen LogP contribution in [0.25, 0.3) is 0 Å². The van der Waals surface area contributed by atoms with Crippen LogP contribution >= 0.6 is 11.8 Å². The first kappa shape index (κ1) is 24.7. The molecule has 172 valence electrons. The van der Waals surface area contributed by atoms with Crippen molar-refractivity contribution in [3.8, 4) is 0 Å². The minimum absolute atomic E-state index is 0.0346. The molecule has 0 aliphatic carbocycles. The van der Waals surface area contributed by atoms with Gasteiger partial charge >= 0.3 is 5.97 Å². The van der Waals surface area contributed by atoms with Crippen molar-refractivity contribution < 1.29 is 19.1 Å². The van der Waals surface area contributed by atoms with Gasteiger partial charge in [-0.05, 0) is 54.8 Å². The van der Waals surface area contributed by atoms with Crippen molar-refractivity contribution in [2.75, 3.05) is 19.8 Å². The third kappa shape index (κ3) is 7.88. The van der Waals surface area contributed by atoms with Crippen LogP contribution in [0.4, 0.5) is 0 Å². The summed E-state index contributed by atoms with van der Waals surface area (Å²) in [6.45, 7) is 5.14. The Hall–Kier alpha value is -2.89. The second-order valence-corrected chi connectivity index (χ2v) is 8.95. The van der Waals surface area contributed by atoms with E-state index in [2.05, 4.69) is 24.3 Å². The Labute approximate surface area is 200 Å². The Kier molecular flexibility index (Phi) is 9.73. The fraction of sp³-hybridized carbons (Fsp3) is 0.286. The van der Waals surface area contributed by atoms with E-state index in [4.69, 9.17) is 9.47 Å². The number of hydrogen-bond donors (Lipinski definition) is 0. The van der Waals surface area contributed by atoms with Gasteiger partial charge in [-0.15, -0.1) is 0 Å². The van der Waals surface area contributed by atoms with Gasteiger partial charge in [-0.1, -0.05) is 68.1 Å². The Balaban J connectivity index is 1.40. The number of ketones is 1. The van der Waals surface area contributed by atoms with Crippen molar-refractivity contribution in [2.24, 2.45) is 5.92 Å². The first-order valence-electron chi connectivity index (χ1n) is 11.3. The molecule has 1 unspecified atom stereocenters. The van der Waals surface area contributed by atoms with E-state index in [1.165, 1.54) is 5.56 Å². The van der Waals surface area contributed by atoms with Gasteiger partial charge in [0.25, 0.3) is 0 Å². The van der Waals surface area contributed by atoms with Gasteiger partial charge in [-0.2, -0.15) is 0 Å². The predicted molar refractivity (Wildman–Crippen MR) is 132 cm³/mol. The van der Waals surface area contributed by atoms with Crippen LogP contribution in [-0.2, 0) is 20.7 Å². The monoisotopic (exact) mass is 462 g/mol. The first-order chi connectivity index (χ1) is 16.1. The standard InChI is InChI=1S/C28H30O4S/c1-3-21(2)28(30)32-20-19-31-18-17-22-9-13-25(14-10-22)33-26-15-11-24(12-16-26)27(29)23-7-5-4-6-8-23/h4-16,21H,3,17-20H2,1-2H3. The Morgan fingerprint density at radius 2 is 1.39 bits per heavy atom. The molecule has 3 aromatic carbocycles. The molecular formula is C28H30O4S. The van der Waals surface area contributed by atoms with E-state index in [0.29, 0.717) is 30.9 Å². The molecule has 0 spiro atoms. The molecule has 0 aromatic heterocycles. The van der Waals surface area contributed by atoms with Crippen LogP contribution in [0.1, 0.15) is 41.8 Å². The van der Waals surface area contributed by atoms with Crippen molar-refractivity contribution in [1.29, 1.82) is 0 Å². The van der Waals surface area contributed by atoms with E-state index in [0.717, 1.165) is 22.6 Å². The molecule has 0 saturated carbocycles. The average molecular weight is 463 g/mol. The first-order valence-corrected chi connectivity index (χ1v) is 12.1. The summed E-state index contributed by atoms with van der Waals surface area (Å²) in [4.78, 5) is 26.4. The smallest absolute Gasteiger partial charge is 0.308 e. The number of benzene rings is 3. The number of carbonyl (C=O) groups is 2. The summed E-state index contributed by atoms with van der Waals surface area (Å²) in [7, 11) is 0. The van der Waals surface area contributed by atoms with Gasteiger partial charge < -0.3 is 9.47 Å². The predicted octanol–water partition coefficient (Wildman–Crippen LogP) is 6.22. The molecule has 0 N–H and O–H groups in total. The molecule has 0 bridgehead atoms. The Morgan fingerprint density at radius 3 is 2.03 bits per heavy atom. The lowest BCUT2D eigenvalue weighted by atomic mass is 10.0.